The number of thiophene rings is 1. The number of aromatic nitrogens is 2. The summed E-state index contributed by atoms with van der Waals surface area (Å²) in [4.78, 5) is 12.3. The Morgan fingerprint density at radius 1 is 1.48 bits per heavy atom. The van der Waals surface area contributed by atoms with Gasteiger partial charge in [0.2, 0.25) is 5.88 Å². The summed E-state index contributed by atoms with van der Waals surface area (Å²) < 4.78 is 13.0. The number of methoxy groups -OCH3 is 1. The molecule has 0 fully saturated rings. The van der Waals surface area contributed by atoms with Gasteiger partial charge in [-0.25, -0.2) is 9.48 Å². The van der Waals surface area contributed by atoms with Crippen molar-refractivity contribution in [2.24, 2.45) is 0 Å². The summed E-state index contributed by atoms with van der Waals surface area (Å²) in [6, 6.07) is 5.88. The highest BCUT2D eigenvalue weighted by Gasteiger charge is 2.17. The molecule has 2 heterocycles. The molecule has 0 radical (unpaired) electrons. The van der Waals surface area contributed by atoms with Crippen LogP contribution in [0.3, 0.4) is 0 Å². The van der Waals surface area contributed by atoms with Crippen LogP contribution in [0, 0.1) is 0 Å². The van der Waals surface area contributed by atoms with Crippen LogP contribution in [0.4, 0.5) is 0 Å². The van der Waals surface area contributed by atoms with E-state index < -0.39 is 5.97 Å². The first-order valence-electron chi connectivity index (χ1n) is 7.09. The van der Waals surface area contributed by atoms with Gasteiger partial charge in [0, 0.05) is 11.8 Å². The maximum atomic E-state index is 11.2. The van der Waals surface area contributed by atoms with Gasteiger partial charge < -0.3 is 9.47 Å². The van der Waals surface area contributed by atoms with Gasteiger partial charge in [0.25, 0.3) is 0 Å². The molecule has 0 aliphatic heterocycles. The number of ether oxygens (including phenoxy) is 2. The predicted octanol–water partition coefficient (Wildman–Crippen LogP) is 4.12. The summed E-state index contributed by atoms with van der Waals surface area (Å²) in [6.45, 7) is -0.153. The lowest BCUT2D eigenvalue weighted by atomic mass is 10.1. The third-order valence-corrected chi connectivity index (χ3v) is 4.99. The van der Waals surface area contributed by atoms with Crippen molar-refractivity contribution < 1.29 is 14.3 Å². The van der Waals surface area contributed by atoms with Crippen LogP contribution in [-0.2, 0) is 9.53 Å². The van der Waals surface area contributed by atoms with E-state index >= 15 is 0 Å². The molecule has 0 unspecified atom stereocenters. The summed E-state index contributed by atoms with van der Waals surface area (Å²) in [5, 5.41) is 4.50. The Morgan fingerprint density at radius 3 is 3.00 bits per heavy atom. The molecular weight excluding hydrogens is 380 g/mol. The van der Waals surface area contributed by atoms with Crippen molar-refractivity contribution in [1.82, 2.24) is 9.78 Å². The minimum atomic E-state index is -0.431. The van der Waals surface area contributed by atoms with Crippen molar-refractivity contribution in [2.75, 3.05) is 13.7 Å². The Balaban J connectivity index is 1.95. The minimum Gasteiger partial charge on any atom is -0.466 e. The molecule has 0 amide bonds. The van der Waals surface area contributed by atoms with Gasteiger partial charge >= 0.3 is 5.97 Å². The molecule has 0 N–H and O–H groups in total. The Kier molecular flexibility index (Phi) is 4.97. The molecule has 7 heteroatoms. The van der Waals surface area contributed by atoms with Crippen molar-refractivity contribution >= 4 is 38.9 Å². The van der Waals surface area contributed by atoms with E-state index in [1.54, 1.807) is 11.3 Å². The fourth-order valence-corrected chi connectivity index (χ4v) is 3.62. The Morgan fingerprint density at radius 2 is 2.35 bits per heavy atom. The highest BCUT2D eigenvalue weighted by molar-refractivity contribution is 9.11. The molecule has 2 aromatic rings. The van der Waals surface area contributed by atoms with Crippen LogP contribution in [0.25, 0.3) is 16.3 Å². The molecule has 5 nitrogen and oxygen atoms in total. The Labute approximate surface area is 146 Å². The van der Waals surface area contributed by atoms with Gasteiger partial charge in [0.15, 0.2) is 6.61 Å². The van der Waals surface area contributed by atoms with Gasteiger partial charge in [-0.1, -0.05) is 12.2 Å². The molecule has 0 saturated carbocycles. The predicted molar refractivity (Wildman–Crippen MR) is 93.4 cm³/mol. The molecule has 0 bridgehead atoms. The normalized spacial score (nSPS) is 13.7. The van der Waals surface area contributed by atoms with E-state index in [2.05, 4.69) is 31.8 Å². The number of hydrogen-bond donors (Lipinski definition) is 0. The number of halogens is 1. The smallest absolute Gasteiger partial charge is 0.343 e. The molecule has 1 aliphatic carbocycles. The van der Waals surface area contributed by atoms with Crippen molar-refractivity contribution in [1.29, 1.82) is 0 Å². The van der Waals surface area contributed by atoms with Crippen LogP contribution in [0.15, 0.2) is 40.2 Å². The quantitative estimate of drug-likeness (QED) is 0.715. The van der Waals surface area contributed by atoms with E-state index in [0.29, 0.717) is 5.88 Å². The summed E-state index contributed by atoms with van der Waals surface area (Å²) >= 11 is 5.11. The number of nitrogens with zero attached hydrogens (tertiary/aromatic N) is 2. The summed E-state index contributed by atoms with van der Waals surface area (Å²) in [5.41, 5.74) is 2.04. The first-order valence-corrected chi connectivity index (χ1v) is 8.70. The summed E-state index contributed by atoms with van der Waals surface area (Å²) in [5.74, 6) is -0.0230. The molecule has 2 aromatic heterocycles. The van der Waals surface area contributed by atoms with Gasteiger partial charge in [0.1, 0.15) is 0 Å². The average molecular weight is 395 g/mol. The molecular formula is C16H15BrN2O3S. The second-order valence-corrected chi connectivity index (χ2v) is 7.34. The van der Waals surface area contributed by atoms with E-state index in [-0.39, 0.29) is 6.61 Å². The maximum Gasteiger partial charge on any atom is 0.343 e. The lowest BCUT2D eigenvalue weighted by Crippen LogP contribution is -2.13. The second-order valence-electron chi connectivity index (χ2n) is 4.87. The standard InChI is InChI=1S/C16H15BrN2O3S/c1-21-16(20)10-22-15-9-12(13-7-8-14(17)23-13)19(18-15)11-5-3-2-4-6-11/h2-3,5,7-9H,4,6,10H2,1H3. The minimum absolute atomic E-state index is 0.153. The fourth-order valence-electron chi connectivity index (χ4n) is 2.23. The molecule has 0 aromatic carbocycles. The zero-order chi connectivity index (χ0) is 16.2. The molecule has 0 spiro atoms. The maximum absolute atomic E-state index is 11.2. The lowest BCUT2D eigenvalue weighted by molar-refractivity contribution is -0.143. The second kappa shape index (κ2) is 7.14. The lowest BCUT2D eigenvalue weighted by Gasteiger charge is -2.11. The molecule has 120 valence electrons. The number of allylic oxidation sites excluding steroid dienone is 4. The first kappa shape index (κ1) is 16.0. The van der Waals surface area contributed by atoms with Crippen molar-refractivity contribution in [3.63, 3.8) is 0 Å². The van der Waals surface area contributed by atoms with E-state index in [9.17, 15) is 4.79 Å². The van der Waals surface area contributed by atoms with E-state index in [4.69, 9.17) is 4.74 Å². The van der Waals surface area contributed by atoms with Gasteiger partial charge in [-0.15, -0.1) is 16.4 Å². The number of hydrogen-bond acceptors (Lipinski definition) is 5. The van der Waals surface area contributed by atoms with Crippen molar-refractivity contribution in [3.05, 3.63) is 40.2 Å². The molecule has 3 rings (SSSR count). The fraction of sp³-hybridized carbons (Fsp3) is 0.250. The zero-order valence-corrected chi connectivity index (χ0v) is 14.9. The number of carbonyl (C=O) groups is 1. The van der Waals surface area contributed by atoms with Crippen LogP contribution >= 0.6 is 27.3 Å². The number of carbonyl (C=O) groups excluding carboxylic acids is 1. The van der Waals surface area contributed by atoms with Gasteiger partial charge in [-0.3, -0.25) is 0 Å². The van der Waals surface area contributed by atoms with Crippen LogP contribution in [0.2, 0.25) is 0 Å². The van der Waals surface area contributed by atoms with Crippen LogP contribution in [0.5, 0.6) is 5.88 Å². The van der Waals surface area contributed by atoms with Crippen molar-refractivity contribution in [3.8, 4) is 16.5 Å². The molecule has 23 heavy (non-hydrogen) atoms. The average Bonchev–Trinajstić information content (AvgIpc) is 3.19. The number of rotatable bonds is 5. The zero-order valence-electron chi connectivity index (χ0n) is 12.5. The van der Waals surface area contributed by atoms with E-state index in [1.807, 2.05) is 35.0 Å². The topological polar surface area (TPSA) is 53.4 Å². The molecule has 1 aliphatic rings. The van der Waals surface area contributed by atoms with E-state index in [0.717, 1.165) is 32.9 Å². The monoisotopic (exact) mass is 394 g/mol. The molecule has 0 atom stereocenters. The largest absolute Gasteiger partial charge is 0.466 e. The summed E-state index contributed by atoms with van der Waals surface area (Å²) in [6.07, 6.45) is 8.10. The first-order chi connectivity index (χ1) is 11.2. The Hall–Kier alpha value is -1.86. The van der Waals surface area contributed by atoms with E-state index in [1.165, 1.54) is 7.11 Å². The Bertz CT molecular complexity index is 776. The summed E-state index contributed by atoms with van der Waals surface area (Å²) in [7, 11) is 1.33. The highest BCUT2D eigenvalue weighted by atomic mass is 79.9. The van der Waals surface area contributed by atoms with Gasteiger partial charge in [-0.2, -0.15) is 0 Å². The van der Waals surface area contributed by atoms with Crippen LogP contribution in [0.1, 0.15) is 12.8 Å². The molecule has 0 saturated heterocycles. The third-order valence-electron chi connectivity index (χ3n) is 3.34. The van der Waals surface area contributed by atoms with Crippen LogP contribution in [-0.4, -0.2) is 29.5 Å². The van der Waals surface area contributed by atoms with Crippen molar-refractivity contribution in [2.45, 2.75) is 12.8 Å². The number of esters is 1. The van der Waals surface area contributed by atoms with Crippen LogP contribution < -0.4 is 4.74 Å². The van der Waals surface area contributed by atoms with Gasteiger partial charge in [0.05, 0.1) is 21.5 Å². The van der Waals surface area contributed by atoms with Gasteiger partial charge in [-0.05, 0) is 47.0 Å². The third kappa shape index (κ3) is 3.73. The SMILES string of the molecule is COC(=O)COc1cc(-c2ccc(Br)s2)n(C2=CC=CCC2)n1. The highest BCUT2D eigenvalue weighted by Crippen LogP contribution is 2.35.